The molecule has 3 heteroatoms. The lowest BCUT2D eigenvalue weighted by molar-refractivity contribution is -0.246. The lowest BCUT2D eigenvalue weighted by Gasteiger charge is -2.29. The summed E-state index contributed by atoms with van der Waals surface area (Å²) in [5.41, 5.74) is 0. The maximum absolute atomic E-state index is 8.06. The number of hydrogen-bond acceptors (Lipinski definition) is 3. The van der Waals surface area contributed by atoms with Gasteiger partial charge in [0.05, 0.1) is 12.2 Å². The Labute approximate surface area is 94.8 Å². The first-order valence-electron chi connectivity index (χ1n) is 5.60. The van der Waals surface area contributed by atoms with E-state index in [2.05, 4.69) is 0 Å². The first-order valence-corrected chi connectivity index (χ1v) is 5.60. The van der Waals surface area contributed by atoms with Crippen LogP contribution in [0.1, 0.15) is 55.4 Å². The fraction of sp³-hybridized carbons (Fsp3) is 1.00. The number of ether oxygens (including phenoxy) is 2. The highest BCUT2D eigenvalue weighted by Crippen LogP contribution is 2.15. The molecular formula is C12H28O3. The van der Waals surface area contributed by atoms with E-state index in [0.29, 0.717) is 0 Å². The Bertz CT molecular complexity index is 125. The SMILES string of the molecule is CC(C)O.CC(C)OC(C)(C)OC(C)C. The van der Waals surface area contributed by atoms with Gasteiger partial charge < -0.3 is 14.6 Å². The zero-order valence-corrected chi connectivity index (χ0v) is 11.5. The van der Waals surface area contributed by atoms with E-state index in [-0.39, 0.29) is 18.3 Å². The highest BCUT2D eigenvalue weighted by molar-refractivity contribution is 4.57. The van der Waals surface area contributed by atoms with E-state index < -0.39 is 5.79 Å². The Balaban J connectivity index is 0. The van der Waals surface area contributed by atoms with Crippen LogP contribution in [0.15, 0.2) is 0 Å². The van der Waals surface area contributed by atoms with E-state index in [4.69, 9.17) is 14.6 Å². The third-order valence-electron chi connectivity index (χ3n) is 1.04. The molecule has 0 radical (unpaired) electrons. The summed E-state index contributed by atoms with van der Waals surface area (Å²) in [7, 11) is 0. The average molecular weight is 220 g/mol. The normalized spacial score (nSPS) is 12.0. The van der Waals surface area contributed by atoms with Gasteiger partial charge in [0, 0.05) is 6.10 Å². The van der Waals surface area contributed by atoms with Gasteiger partial charge in [-0.3, -0.25) is 0 Å². The van der Waals surface area contributed by atoms with Crippen molar-refractivity contribution in [1.29, 1.82) is 0 Å². The van der Waals surface area contributed by atoms with Gasteiger partial charge in [0.2, 0.25) is 0 Å². The standard InChI is InChI=1S/C9H20O2.C3H8O/c1-7(2)10-9(5,6)11-8(3)4;1-3(2)4/h7-8H,1-6H3;3-4H,1-2H3. The van der Waals surface area contributed by atoms with Crippen molar-refractivity contribution >= 4 is 0 Å². The summed E-state index contributed by atoms with van der Waals surface area (Å²) in [6.45, 7) is 15.3. The fourth-order valence-electron chi connectivity index (χ4n) is 1.16. The van der Waals surface area contributed by atoms with E-state index in [1.807, 2.05) is 41.5 Å². The molecule has 0 rings (SSSR count). The summed E-state index contributed by atoms with van der Waals surface area (Å²) in [5.74, 6) is -0.456. The van der Waals surface area contributed by atoms with E-state index in [1.165, 1.54) is 0 Å². The monoisotopic (exact) mass is 220 g/mol. The second-order valence-corrected chi connectivity index (χ2v) is 4.83. The van der Waals surface area contributed by atoms with E-state index in [9.17, 15) is 0 Å². The molecule has 0 spiro atoms. The first-order chi connectivity index (χ1) is 6.57. The lowest BCUT2D eigenvalue weighted by atomic mass is 10.3. The van der Waals surface area contributed by atoms with E-state index in [1.54, 1.807) is 13.8 Å². The minimum Gasteiger partial charge on any atom is -0.394 e. The van der Waals surface area contributed by atoms with Crippen molar-refractivity contribution in [2.24, 2.45) is 0 Å². The minimum absolute atomic E-state index is 0.167. The predicted molar refractivity (Wildman–Crippen MR) is 63.9 cm³/mol. The highest BCUT2D eigenvalue weighted by Gasteiger charge is 2.21. The molecule has 0 aliphatic heterocycles. The molecule has 15 heavy (non-hydrogen) atoms. The minimum atomic E-state index is -0.456. The van der Waals surface area contributed by atoms with Crippen LogP contribution in [0.5, 0.6) is 0 Å². The molecule has 0 aromatic carbocycles. The highest BCUT2D eigenvalue weighted by atomic mass is 16.7. The Morgan fingerprint density at radius 3 is 1.13 bits per heavy atom. The van der Waals surface area contributed by atoms with Crippen LogP contribution < -0.4 is 0 Å². The van der Waals surface area contributed by atoms with Gasteiger partial charge in [0.1, 0.15) is 0 Å². The smallest absolute Gasteiger partial charge is 0.163 e. The Morgan fingerprint density at radius 1 is 0.800 bits per heavy atom. The molecule has 3 nitrogen and oxygen atoms in total. The molecule has 0 amide bonds. The lowest BCUT2D eigenvalue weighted by Crippen LogP contribution is -2.33. The van der Waals surface area contributed by atoms with Crippen molar-refractivity contribution in [2.45, 2.75) is 79.5 Å². The molecule has 0 aliphatic rings. The van der Waals surface area contributed by atoms with Crippen molar-refractivity contribution < 1.29 is 14.6 Å². The molecule has 94 valence electrons. The Morgan fingerprint density at radius 2 is 1.00 bits per heavy atom. The van der Waals surface area contributed by atoms with Crippen LogP contribution in [-0.2, 0) is 9.47 Å². The number of hydrogen-bond donors (Lipinski definition) is 1. The maximum Gasteiger partial charge on any atom is 0.163 e. The first kappa shape index (κ1) is 17.3. The van der Waals surface area contributed by atoms with Crippen LogP contribution in [0.3, 0.4) is 0 Å². The number of rotatable bonds is 4. The molecule has 0 bridgehead atoms. The summed E-state index contributed by atoms with van der Waals surface area (Å²) in [5, 5.41) is 8.06. The van der Waals surface area contributed by atoms with Crippen LogP contribution in [0, 0.1) is 0 Å². The van der Waals surface area contributed by atoms with Gasteiger partial charge in [-0.2, -0.15) is 0 Å². The van der Waals surface area contributed by atoms with Gasteiger partial charge in [-0.05, 0) is 55.4 Å². The van der Waals surface area contributed by atoms with Crippen LogP contribution >= 0.6 is 0 Å². The van der Waals surface area contributed by atoms with Crippen LogP contribution in [0.4, 0.5) is 0 Å². The molecule has 0 heterocycles. The summed E-state index contributed by atoms with van der Waals surface area (Å²) < 4.78 is 11.1. The average Bonchev–Trinajstić information content (AvgIpc) is 1.75. The third kappa shape index (κ3) is 20.1. The van der Waals surface area contributed by atoms with Crippen molar-refractivity contribution in [3.8, 4) is 0 Å². The molecule has 0 atom stereocenters. The molecule has 0 unspecified atom stereocenters. The number of aliphatic hydroxyl groups is 1. The topological polar surface area (TPSA) is 38.7 Å². The quantitative estimate of drug-likeness (QED) is 0.740. The van der Waals surface area contributed by atoms with Crippen LogP contribution in [0.25, 0.3) is 0 Å². The fourth-order valence-corrected chi connectivity index (χ4v) is 1.16. The zero-order chi connectivity index (χ0) is 12.6. The second-order valence-electron chi connectivity index (χ2n) is 4.83. The molecule has 0 aliphatic carbocycles. The van der Waals surface area contributed by atoms with Crippen molar-refractivity contribution in [3.05, 3.63) is 0 Å². The van der Waals surface area contributed by atoms with Gasteiger partial charge >= 0.3 is 0 Å². The summed E-state index contributed by atoms with van der Waals surface area (Å²) in [6, 6.07) is 0. The van der Waals surface area contributed by atoms with Gasteiger partial charge in [-0.1, -0.05) is 0 Å². The third-order valence-corrected chi connectivity index (χ3v) is 1.04. The molecule has 0 fully saturated rings. The van der Waals surface area contributed by atoms with Crippen LogP contribution in [-0.4, -0.2) is 29.2 Å². The van der Waals surface area contributed by atoms with E-state index >= 15 is 0 Å². The molecule has 0 saturated heterocycles. The predicted octanol–water partition coefficient (Wildman–Crippen LogP) is 2.96. The Hall–Kier alpha value is -0.120. The van der Waals surface area contributed by atoms with Gasteiger partial charge in [0.15, 0.2) is 5.79 Å². The van der Waals surface area contributed by atoms with Crippen molar-refractivity contribution in [1.82, 2.24) is 0 Å². The largest absolute Gasteiger partial charge is 0.394 e. The van der Waals surface area contributed by atoms with E-state index in [0.717, 1.165) is 0 Å². The second kappa shape index (κ2) is 8.08. The molecule has 0 aromatic heterocycles. The van der Waals surface area contributed by atoms with Crippen LogP contribution in [0.2, 0.25) is 0 Å². The van der Waals surface area contributed by atoms with Gasteiger partial charge in [0.25, 0.3) is 0 Å². The van der Waals surface area contributed by atoms with Crippen molar-refractivity contribution in [3.63, 3.8) is 0 Å². The summed E-state index contributed by atoms with van der Waals surface area (Å²) in [6.07, 6.45) is 0.257. The van der Waals surface area contributed by atoms with Crippen molar-refractivity contribution in [2.75, 3.05) is 0 Å². The molecule has 0 aromatic rings. The summed E-state index contributed by atoms with van der Waals surface area (Å²) in [4.78, 5) is 0. The Kier molecular flexibility index (Phi) is 9.31. The number of aliphatic hydroxyl groups excluding tert-OH is 1. The molecule has 0 saturated carbocycles. The molecular weight excluding hydrogens is 192 g/mol. The maximum atomic E-state index is 8.06. The molecule has 1 N–H and O–H groups in total. The van der Waals surface area contributed by atoms with Gasteiger partial charge in [-0.15, -0.1) is 0 Å². The van der Waals surface area contributed by atoms with Gasteiger partial charge in [-0.25, -0.2) is 0 Å². The zero-order valence-electron chi connectivity index (χ0n) is 11.5. The summed E-state index contributed by atoms with van der Waals surface area (Å²) >= 11 is 0.